The van der Waals surface area contributed by atoms with Crippen LogP contribution in [0, 0.1) is 6.92 Å². The van der Waals surface area contributed by atoms with E-state index in [1.54, 1.807) is 38.1 Å². The van der Waals surface area contributed by atoms with Gasteiger partial charge in [0.1, 0.15) is 29.6 Å². The average Bonchev–Trinajstić information content (AvgIpc) is 2.96. The Labute approximate surface area is 162 Å². The highest BCUT2D eigenvalue weighted by Crippen LogP contribution is 2.21. The van der Waals surface area contributed by atoms with E-state index in [0.29, 0.717) is 5.69 Å². The molecular formula is C18H16BrN3O5. The van der Waals surface area contributed by atoms with Gasteiger partial charge in [-0.1, -0.05) is 15.9 Å². The van der Waals surface area contributed by atoms with Crippen molar-refractivity contribution < 1.29 is 18.7 Å². The first-order valence-electron chi connectivity index (χ1n) is 8.11. The van der Waals surface area contributed by atoms with E-state index in [1.165, 1.54) is 6.33 Å². The van der Waals surface area contributed by atoms with Crippen LogP contribution in [0.3, 0.4) is 0 Å². The number of carbonyl (C=O) groups excluding carboxylic acids is 2. The summed E-state index contributed by atoms with van der Waals surface area (Å²) in [4.78, 5) is 41.2. The molecule has 140 valence electrons. The Bertz CT molecular complexity index is 1070. The third-order valence-electron chi connectivity index (χ3n) is 3.78. The highest BCUT2D eigenvalue weighted by atomic mass is 79.9. The highest BCUT2D eigenvalue weighted by molar-refractivity contribution is 9.10. The second-order valence-corrected chi connectivity index (χ2v) is 6.58. The van der Waals surface area contributed by atoms with Crippen LogP contribution in [0.15, 0.2) is 44.3 Å². The predicted molar refractivity (Wildman–Crippen MR) is 102 cm³/mol. The number of halogens is 1. The standard InChI is InChI=1S/C18H16BrN3O5/c1-3-26-18(25)14-10(2)27-16-15(14)17(24)22(9-20-16)8-13(23)21-12-6-4-11(19)5-7-12/h4-7,9H,3,8H2,1-2H3,(H,21,23). The molecule has 0 atom stereocenters. The molecule has 0 unspecified atom stereocenters. The number of esters is 1. The van der Waals surface area contributed by atoms with Gasteiger partial charge < -0.3 is 14.5 Å². The topological polar surface area (TPSA) is 103 Å². The number of nitrogens with zero attached hydrogens (tertiary/aromatic N) is 2. The summed E-state index contributed by atoms with van der Waals surface area (Å²) in [5.41, 5.74) is 0.111. The van der Waals surface area contributed by atoms with E-state index >= 15 is 0 Å². The Hall–Kier alpha value is -2.94. The second-order valence-electron chi connectivity index (χ2n) is 5.67. The molecule has 0 fully saturated rings. The molecule has 1 aromatic carbocycles. The van der Waals surface area contributed by atoms with E-state index in [9.17, 15) is 14.4 Å². The van der Waals surface area contributed by atoms with E-state index in [0.717, 1.165) is 9.04 Å². The van der Waals surface area contributed by atoms with Gasteiger partial charge in [-0.05, 0) is 38.1 Å². The van der Waals surface area contributed by atoms with Gasteiger partial charge in [-0.15, -0.1) is 0 Å². The number of carbonyl (C=O) groups is 2. The lowest BCUT2D eigenvalue weighted by molar-refractivity contribution is -0.116. The van der Waals surface area contributed by atoms with Crippen LogP contribution in [0.1, 0.15) is 23.0 Å². The number of hydrogen-bond donors (Lipinski definition) is 1. The van der Waals surface area contributed by atoms with E-state index in [-0.39, 0.29) is 35.6 Å². The van der Waals surface area contributed by atoms with Gasteiger partial charge in [0.25, 0.3) is 5.56 Å². The number of hydrogen-bond acceptors (Lipinski definition) is 6. The van der Waals surface area contributed by atoms with Crippen LogP contribution in [0.5, 0.6) is 0 Å². The zero-order valence-electron chi connectivity index (χ0n) is 14.6. The maximum Gasteiger partial charge on any atom is 0.342 e. The Morgan fingerprint density at radius 3 is 2.67 bits per heavy atom. The van der Waals surface area contributed by atoms with Crippen molar-refractivity contribution in [2.75, 3.05) is 11.9 Å². The molecule has 0 aliphatic rings. The van der Waals surface area contributed by atoms with Crippen molar-refractivity contribution in [1.82, 2.24) is 9.55 Å². The Morgan fingerprint density at radius 1 is 1.30 bits per heavy atom. The SMILES string of the molecule is CCOC(=O)c1c(C)oc2ncn(CC(=O)Nc3ccc(Br)cc3)c(=O)c12. The van der Waals surface area contributed by atoms with Gasteiger partial charge in [0.2, 0.25) is 11.6 Å². The van der Waals surface area contributed by atoms with Crippen LogP contribution in [0.4, 0.5) is 5.69 Å². The number of amides is 1. The zero-order valence-corrected chi connectivity index (χ0v) is 16.2. The molecule has 27 heavy (non-hydrogen) atoms. The molecule has 3 aromatic rings. The molecule has 2 aromatic heterocycles. The molecule has 0 bridgehead atoms. The molecule has 0 saturated heterocycles. The number of benzene rings is 1. The fourth-order valence-corrected chi connectivity index (χ4v) is 2.85. The summed E-state index contributed by atoms with van der Waals surface area (Å²) in [6.45, 7) is 3.12. The predicted octanol–water partition coefficient (Wildman–Crippen LogP) is 2.88. The van der Waals surface area contributed by atoms with E-state index in [1.807, 2.05) is 0 Å². The van der Waals surface area contributed by atoms with Crippen LogP contribution in [0.2, 0.25) is 0 Å². The lowest BCUT2D eigenvalue weighted by Gasteiger charge is -2.07. The number of aryl methyl sites for hydroxylation is 1. The minimum atomic E-state index is -0.662. The summed E-state index contributed by atoms with van der Waals surface area (Å²) in [6.07, 6.45) is 1.21. The van der Waals surface area contributed by atoms with Crippen molar-refractivity contribution in [3.05, 3.63) is 56.7 Å². The Kier molecular flexibility index (Phi) is 5.41. The van der Waals surface area contributed by atoms with Crippen LogP contribution in [0.25, 0.3) is 11.1 Å². The minimum Gasteiger partial charge on any atom is -0.462 e. The molecule has 0 aliphatic carbocycles. The van der Waals surface area contributed by atoms with Crippen LogP contribution in [-0.2, 0) is 16.1 Å². The van der Waals surface area contributed by atoms with Gasteiger partial charge in [0.05, 0.1) is 6.61 Å². The first-order chi connectivity index (χ1) is 12.9. The molecule has 0 spiro atoms. The maximum atomic E-state index is 12.8. The normalized spacial score (nSPS) is 10.8. The fraction of sp³-hybridized carbons (Fsp3) is 0.222. The molecular weight excluding hydrogens is 418 g/mol. The van der Waals surface area contributed by atoms with E-state index in [2.05, 4.69) is 26.2 Å². The molecule has 0 aliphatic heterocycles. The molecule has 1 amide bonds. The number of anilines is 1. The smallest absolute Gasteiger partial charge is 0.342 e. The average molecular weight is 434 g/mol. The quantitative estimate of drug-likeness (QED) is 0.620. The Balaban J connectivity index is 1.91. The third-order valence-corrected chi connectivity index (χ3v) is 4.30. The number of aromatic nitrogens is 2. The summed E-state index contributed by atoms with van der Waals surface area (Å²) in [5.74, 6) is -0.826. The van der Waals surface area contributed by atoms with Crippen LogP contribution < -0.4 is 10.9 Å². The number of ether oxygens (including phenoxy) is 1. The lowest BCUT2D eigenvalue weighted by Crippen LogP contribution is -2.28. The van der Waals surface area contributed by atoms with E-state index in [4.69, 9.17) is 9.15 Å². The van der Waals surface area contributed by atoms with Gasteiger partial charge in [0.15, 0.2) is 0 Å². The van der Waals surface area contributed by atoms with Crippen molar-refractivity contribution in [3.8, 4) is 0 Å². The maximum absolute atomic E-state index is 12.8. The molecule has 0 saturated carbocycles. The van der Waals surface area contributed by atoms with Crippen LogP contribution >= 0.6 is 15.9 Å². The summed E-state index contributed by atoms with van der Waals surface area (Å²) in [7, 11) is 0. The van der Waals surface area contributed by atoms with Gasteiger partial charge in [-0.3, -0.25) is 14.2 Å². The van der Waals surface area contributed by atoms with Crippen molar-refractivity contribution in [1.29, 1.82) is 0 Å². The zero-order chi connectivity index (χ0) is 19.6. The molecule has 9 heteroatoms. The molecule has 3 rings (SSSR count). The number of rotatable bonds is 5. The van der Waals surface area contributed by atoms with Crippen molar-refractivity contribution in [2.45, 2.75) is 20.4 Å². The van der Waals surface area contributed by atoms with Gasteiger partial charge >= 0.3 is 5.97 Å². The summed E-state index contributed by atoms with van der Waals surface area (Å²) < 4.78 is 12.4. The summed E-state index contributed by atoms with van der Waals surface area (Å²) >= 11 is 3.32. The Morgan fingerprint density at radius 2 is 2.00 bits per heavy atom. The minimum absolute atomic E-state index is 0.00453. The first kappa shape index (κ1) is 18.8. The van der Waals surface area contributed by atoms with Gasteiger partial charge in [-0.2, -0.15) is 0 Å². The van der Waals surface area contributed by atoms with Crippen molar-refractivity contribution in [3.63, 3.8) is 0 Å². The highest BCUT2D eigenvalue weighted by Gasteiger charge is 2.24. The molecule has 2 heterocycles. The second kappa shape index (κ2) is 7.75. The third kappa shape index (κ3) is 3.92. The lowest BCUT2D eigenvalue weighted by atomic mass is 10.2. The number of fused-ring (bicyclic) bond motifs is 1. The van der Waals surface area contributed by atoms with Gasteiger partial charge in [-0.25, -0.2) is 9.78 Å². The molecule has 1 N–H and O–H groups in total. The monoisotopic (exact) mass is 433 g/mol. The summed E-state index contributed by atoms with van der Waals surface area (Å²) in [6, 6.07) is 7.03. The van der Waals surface area contributed by atoms with Gasteiger partial charge in [0, 0.05) is 10.2 Å². The fourth-order valence-electron chi connectivity index (χ4n) is 2.59. The number of nitrogens with one attached hydrogen (secondary N) is 1. The largest absolute Gasteiger partial charge is 0.462 e. The van der Waals surface area contributed by atoms with Crippen molar-refractivity contribution in [2.24, 2.45) is 0 Å². The van der Waals surface area contributed by atoms with Crippen LogP contribution in [-0.4, -0.2) is 28.0 Å². The molecule has 8 nitrogen and oxygen atoms in total. The summed E-state index contributed by atoms with van der Waals surface area (Å²) in [5, 5.41) is 2.70. The first-order valence-corrected chi connectivity index (χ1v) is 8.91. The molecule has 0 radical (unpaired) electrons. The van der Waals surface area contributed by atoms with E-state index < -0.39 is 17.4 Å². The van der Waals surface area contributed by atoms with Crippen molar-refractivity contribution >= 4 is 44.6 Å². The number of furan rings is 1.